The summed E-state index contributed by atoms with van der Waals surface area (Å²) in [5, 5.41) is 9.18. The van der Waals surface area contributed by atoms with Gasteiger partial charge < -0.3 is 5.11 Å². The SMILES string of the molecule is CC(CCO)N(Cc1ccccc1)Cc1ccccn1. The number of aliphatic hydroxyl groups is 1. The van der Waals surface area contributed by atoms with Crippen molar-refractivity contribution >= 4 is 0 Å². The quantitative estimate of drug-likeness (QED) is 0.840. The topological polar surface area (TPSA) is 36.4 Å². The fourth-order valence-corrected chi connectivity index (χ4v) is 2.25. The van der Waals surface area contributed by atoms with Crippen LogP contribution in [0.25, 0.3) is 0 Å². The maximum atomic E-state index is 9.18. The number of hydrogen-bond donors (Lipinski definition) is 1. The van der Waals surface area contributed by atoms with Gasteiger partial charge >= 0.3 is 0 Å². The Bertz CT molecular complexity index is 445. The van der Waals surface area contributed by atoms with E-state index in [0.717, 1.165) is 25.2 Å². The molecule has 1 atom stereocenters. The smallest absolute Gasteiger partial charge is 0.0544 e. The van der Waals surface area contributed by atoms with E-state index < -0.39 is 0 Å². The molecule has 0 aliphatic rings. The van der Waals surface area contributed by atoms with Crippen molar-refractivity contribution in [3.8, 4) is 0 Å². The van der Waals surface area contributed by atoms with Crippen molar-refractivity contribution in [2.45, 2.75) is 32.5 Å². The number of nitrogens with zero attached hydrogens (tertiary/aromatic N) is 2. The average Bonchev–Trinajstić information content (AvgIpc) is 2.49. The van der Waals surface area contributed by atoms with Crippen LogP contribution >= 0.6 is 0 Å². The maximum Gasteiger partial charge on any atom is 0.0544 e. The van der Waals surface area contributed by atoms with Gasteiger partial charge in [-0.3, -0.25) is 9.88 Å². The predicted molar refractivity (Wildman–Crippen MR) is 81.1 cm³/mol. The van der Waals surface area contributed by atoms with Gasteiger partial charge in [0.05, 0.1) is 5.69 Å². The van der Waals surface area contributed by atoms with Crippen LogP contribution in [0.5, 0.6) is 0 Å². The molecule has 1 unspecified atom stereocenters. The van der Waals surface area contributed by atoms with Crippen LogP contribution in [0.15, 0.2) is 54.7 Å². The fourth-order valence-electron chi connectivity index (χ4n) is 2.25. The summed E-state index contributed by atoms with van der Waals surface area (Å²) < 4.78 is 0. The Morgan fingerprint density at radius 1 is 1.05 bits per heavy atom. The molecule has 0 spiro atoms. The van der Waals surface area contributed by atoms with Gasteiger partial charge in [0.1, 0.15) is 0 Å². The molecular formula is C17H22N2O. The molecule has 0 aliphatic heterocycles. The highest BCUT2D eigenvalue weighted by atomic mass is 16.3. The number of benzene rings is 1. The summed E-state index contributed by atoms with van der Waals surface area (Å²) in [6, 6.07) is 16.7. The summed E-state index contributed by atoms with van der Waals surface area (Å²) in [4.78, 5) is 6.75. The minimum Gasteiger partial charge on any atom is -0.396 e. The van der Waals surface area contributed by atoms with E-state index in [1.807, 2.05) is 30.5 Å². The van der Waals surface area contributed by atoms with E-state index in [-0.39, 0.29) is 6.61 Å². The standard InChI is InChI=1S/C17H22N2O/c1-15(10-12-20)19(13-16-7-3-2-4-8-16)14-17-9-5-6-11-18-17/h2-9,11,15,20H,10,12-14H2,1H3. The number of aromatic nitrogens is 1. The van der Waals surface area contributed by atoms with Crippen LogP contribution in [0, 0.1) is 0 Å². The molecular weight excluding hydrogens is 248 g/mol. The molecule has 1 N–H and O–H groups in total. The first-order valence-electron chi connectivity index (χ1n) is 7.08. The van der Waals surface area contributed by atoms with Crippen LogP contribution in [0.3, 0.4) is 0 Å². The van der Waals surface area contributed by atoms with Gasteiger partial charge in [-0.2, -0.15) is 0 Å². The summed E-state index contributed by atoms with van der Waals surface area (Å²) in [5.41, 5.74) is 2.35. The van der Waals surface area contributed by atoms with Gasteiger partial charge in [-0.15, -0.1) is 0 Å². The Morgan fingerprint density at radius 3 is 2.45 bits per heavy atom. The highest BCUT2D eigenvalue weighted by molar-refractivity contribution is 5.15. The van der Waals surface area contributed by atoms with Crippen molar-refractivity contribution in [2.24, 2.45) is 0 Å². The van der Waals surface area contributed by atoms with E-state index in [9.17, 15) is 5.11 Å². The molecule has 0 saturated heterocycles. The van der Waals surface area contributed by atoms with Crippen molar-refractivity contribution in [1.82, 2.24) is 9.88 Å². The van der Waals surface area contributed by atoms with Crippen LogP contribution in [0.4, 0.5) is 0 Å². The first-order chi connectivity index (χ1) is 9.79. The monoisotopic (exact) mass is 270 g/mol. The number of rotatable bonds is 7. The van der Waals surface area contributed by atoms with Crippen LogP contribution in [-0.2, 0) is 13.1 Å². The minimum atomic E-state index is 0.217. The summed E-state index contributed by atoms with van der Waals surface area (Å²) >= 11 is 0. The van der Waals surface area contributed by atoms with Crippen molar-refractivity contribution in [2.75, 3.05) is 6.61 Å². The normalized spacial score (nSPS) is 12.6. The van der Waals surface area contributed by atoms with Crippen LogP contribution in [0.2, 0.25) is 0 Å². The third-order valence-corrected chi connectivity index (χ3v) is 3.49. The molecule has 0 amide bonds. The van der Waals surface area contributed by atoms with Crippen LogP contribution in [0.1, 0.15) is 24.6 Å². The zero-order valence-corrected chi connectivity index (χ0v) is 11.9. The summed E-state index contributed by atoms with van der Waals surface area (Å²) in [7, 11) is 0. The Kier molecular flexibility index (Phi) is 5.71. The van der Waals surface area contributed by atoms with E-state index in [4.69, 9.17) is 0 Å². The second-order valence-corrected chi connectivity index (χ2v) is 5.07. The van der Waals surface area contributed by atoms with Crippen LogP contribution in [-0.4, -0.2) is 27.6 Å². The van der Waals surface area contributed by atoms with Crippen molar-refractivity contribution in [3.63, 3.8) is 0 Å². The number of pyridine rings is 1. The van der Waals surface area contributed by atoms with Crippen molar-refractivity contribution < 1.29 is 5.11 Å². The lowest BCUT2D eigenvalue weighted by atomic mass is 10.1. The Morgan fingerprint density at radius 2 is 1.80 bits per heavy atom. The molecule has 3 nitrogen and oxygen atoms in total. The van der Waals surface area contributed by atoms with Gasteiger partial charge in [0.25, 0.3) is 0 Å². The predicted octanol–water partition coefficient (Wildman–Crippen LogP) is 2.85. The molecule has 1 aromatic heterocycles. The first-order valence-corrected chi connectivity index (χ1v) is 7.08. The Labute approximate surface area is 120 Å². The fraction of sp³-hybridized carbons (Fsp3) is 0.353. The average molecular weight is 270 g/mol. The summed E-state index contributed by atoms with van der Waals surface area (Å²) in [6.07, 6.45) is 2.60. The molecule has 3 heteroatoms. The zero-order chi connectivity index (χ0) is 14.2. The zero-order valence-electron chi connectivity index (χ0n) is 11.9. The van der Waals surface area contributed by atoms with E-state index >= 15 is 0 Å². The highest BCUT2D eigenvalue weighted by Crippen LogP contribution is 2.14. The lowest BCUT2D eigenvalue weighted by Gasteiger charge is -2.28. The summed E-state index contributed by atoms with van der Waals surface area (Å²) in [5.74, 6) is 0. The lowest BCUT2D eigenvalue weighted by molar-refractivity contribution is 0.152. The highest BCUT2D eigenvalue weighted by Gasteiger charge is 2.14. The van der Waals surface area contributed by atoms with Gasteiger partial charge in [-0.05, 0) is 31.0 Å². The third-order valence-electron chi connectivity index (χ3n) is 3.49. The molecule has 20 heavy (non-hydrogen) atoms. The largest absolute Gasteiger partial charge is 0.396 e. The lowest BCUT2D eigenvalue weighted by Crippen LogP contribution is -2.33. The molecule has 1 aromatic carbocycles. The molecule has 0 bridgehead atoms. The molecule has 0 fully saturated rings. The molecule has 0 radical (unpaired) electrons. The van der Waals surface area contributed by atoms with E-state index in [0.29, 0.717) is 6.04 Å². The van der Waals surface area contributed by atoms with Gasteiger partial charge in [0.2, 0.25) is 0 Å². The molecule has 0 saturated carbocycles. The first kappa shape index (κ1) is 14.7. The van der Waals surface area contributed by atoms with Gasteiger partial charge in [0.15, 0.2) is 0 Å². The second-order valence-electron chi connectivity index (χ2n) is 5.07. The van der Waals surface area contributed by atoms with E-state index in [1.165, 1.54) is 5.56 Å². The van der Waals surface area contributed by atoms with Gasteiger partial charge in [-0.25, -0.2) is 0 Å². The Balaban J connectivity index is 2.08. The third kappa shape index (κ3) is 4.44. The van der Waals surface area contributed by atoms with Crippen molar-refractivity contribution in [1.29, 1.82) is 0 Å². The molecule has 0 aliphatic carbocycles. The van der Waals surface area contributed by atoms with E-state index in [2.05, 4.69) is 41.1 Å². The van der Waals surface area contributed by atoms with E-state index in [1.54, 1.807) is 0 Å². The second kappa shape index (κ2) is 7.78. The Hall–Kier alpha value is -1.71. The summed E-state index contributed by atoms with van der Waals surface area (Å²) in [6.45, 7) is 4.05. The molecule has 106 valence electrons. The number of aliphatic hydroxyl groups excluding tert-OH is 1. The van der Waals surface area contributed by atoms with Crippen molar-refractivity contribution in [3.05, 3.63) is 66.0 Å². The molecule has 1 heterocycles. The molecule has 2 rings (SSSR count). The number of hydrogen-bond acceptors (Lipinski definition) is 3. The van der Waals surface area contributed by atoms with Crippen LogP contribution < -0.4 is 0 Å². The van der Waals surface area contributed by atoms with Gasteiger partial charge in [0, 0.05) is 31.9 Å². The minimum absolute atomic E-state index is 0.217. The molecule has 2 aromatic rings. The van der Waals surface area contributed by atoms with Gasteiger partial charge in [-0.1, -0.05) is 36.4 Å². The maximum absolute atomic E-state index is 9.18.